The van der Waals surface area contributed by atoms with E-state index < -0.39 is 34.6 Å². The fourth-order valence-electron chi connectivity index (χ4n) is 6.22. The van der Waals surface area contributed by atoms with E-state index in [4.69, 9.17) is 4.74 Å². The average molecular weight is 513 g/mol. The van der Waals surface area contributed by atoms with Gasteiger partial charge in [-0.2, -0.15) is 0 Å². The second-order valence-corrected chi connectivity index (χ2v) is 11.8. The minimum absolute atomic E-state index is 0.0673. The molecule has 1 aromatic rings. The number of nitrogens with zero attached hydrogens (tertiary/aromatic N) is 2. The van der Waals surface area contributed by atoms with Crippen LogP contribution in [0.1, 0.15) is 32.3 Å². The molecular formula is C28H36N2O5S. The Morgan fingerprint density at radius 2 is 2.00 bits per heavy atom. The van der Waals surface area contributed by atoms with E-state index in [-0.39, 0.29) is 36.2 Å². The van der Waals surface area contributed by atoms with Crippen LogP contribution in [0.3, 0.4) is 0 Å². The maximum absolute atomic E-state index is 14.4. The van der Waals surface area contributed by atoms with Crippen LogP contribution in [0, 0.1) is 17.8 Å². The van der Waals surface area contributed by atoms with Gasteiger partial charge in [0.1, 0.15) is 12.6 Å². The summed E-state index contributed by atoms with van der Waals surface area (Å²) in [6, 6.07) is 8.42. The highest BCUT2D eigenvalue weighted by Crippen LogP contribution is 2.67. The quantitative estimate of drug-likeness (QED) is 0.362. The summed E-state index contributed by atoms with van der Waals surface area (Å²) >= 11 is 1.60. The van der Waals surface area contributed by atoms with Crippen molar-refractivity contribution in [3.05, 3.63) is 61.2 Å². The van der Waals surface area contributed by atoms with Crippen LogP contribution in [0.2, 0.25) is 0 Å². The number of carbonyl (C=O) groups is 3. The van der Waals surface area contributed by atoms with Crippen molar-refractivity contribution in [3.63, 3.8) is 0 Å². The summed E-state index contributed by atoms with van der Waals surface area (Å²) in [4.78, 5) is 44.9. The van der Waals surface area contributed by atoms with E-state index in [1.807, 2.05) is 44.2 Å². The van der Waals surface area contributed by atoms with Gasteiger partial charge < -0.3 is 19.6 Å². The van der Waals surface area contributed by atoms with Crippen LogP contribution in [0.25, 0.3) is 0 Å². The monoisotopic (exact) mass is 512 g/mol. The normalized spacial score (nSPS) is 29.2. The molecule has 0 aromatic heterocycles. The van der Waals surface area contributed by atoms with Crippen molar-refractivity contribution in [2.75, 3.05) is 19.8 Å². The molecule has 36 heavy (non-hydrogen) atoms. The molecule has 0 saturated carbocycles. The van der Waals surface area contributed by atoms with E-state index in [0.717, 1.165) is 12.0 Å². The molecule has 1 spiro atoms. The zero-order valence-corrected chi connectivity index (χ0v) is 21.9. The van der Waals surface area contributed by atoms with Crippen LogP contribution in [-0.4, -0.2) is 74.5 Å². The molecule has 0 aliphatic carbocycles. The molecule has 3 fully saturated rings. The highest BCUT2D eigenvalue weighted by molar-refractivity contribution is 8.02. The summed E-state index contributed by atoms with van der Waals surface area (Å²) in [5.41, 5.74) is 0.981. The summed E-state index contributed by atoms with van der Waals surface area (Å²) in [7, 11) is 0. The largest absolute Gasteiger partial charge is 0.461 e. The Bertz CT molecular complexity index is 1010. The third-order valence-corrected chi connectivity index (χ3v) is 9.73. The molecular weight excluding hydrogens is 476 g/mol. The standard InChI is InChI=1S/C28H36N2O5S/c1-5-14-29(16-19-10-8-7-9-11-19)26(33)24-28-13-12-21(36-28)22(27(34)35-15-6-2)23(28)25(32)30(24)20(17-31)18(3)4/h5-11,18,20-24,31H,1-2,12-17H2,3-4H3/t20-,21+,22-,23-,24?,28?/m0/s1. The van der Waals surface area contributed by atoms with Crippen molar-refractivity contribution in [3.8, 4) is 0 Å². The van der Waals surface area contributed by atoms with Crippen molar-refractivity contribution in [2.24, 2.45) is 17.8 Å². The Hall–Kier alpha value is -2.58. The molecule has 3 aliphatic heterocycles. The lowest BCUT2D eigenvalue weighted by atomic mass is 9.71. The number of aliphatic hydroxyl groups is 1. The summed E-state index contributed by atoms with van der Waals surface area (Å²) in [6.07, 6.45) is 4.62. The number of likely N-dealkylation sites (tertiary alicyclic amines) is 1. The third-order valence-electron chi connectivity index (χ3n) is 7.78. The van der Waals surface area contributed by atoms with E-state index >= 15 is 0 Å². The second kappa shape index (κ2) is 10.8. The lowest BCUT2D eigenvalue weighted by molar-refractivity contribution is -0.153. The Morgan fingerprint density at radius 1 is 1.28 bits per heavy atom. The average Bonchev–Trinajstić information content (AvgIpc) is 3.51. The van der Waals surface area contributed by atoms with Crippen molar-refractivity contribution < 1.29 is 24.2 Å². The summed E-state index contributed by atoms with van der Waals surface area (Å²) in [5.74, 6) is -2.12. The van der Waals surface area contributed by atoms with Crippen LogP contribution in [-0.2, 0) is 25.7 Å². The molecule has 7 nitrogen and oxygen atoms in total. The number of rotatable bonds is 11. The van der Waals surface area contributed by atoms with Crippen molar-refractivity contribution in [2.45, 2.75) is 55.3 Å². The Kier molecular flexibility index (Phi) is 7.95. The van der Waals surface area contributed by atoms with Gasteiger partial charge in [-0.25, -0.2) is 0 Å². The molecule has 3 heterocycles. The summed E-state index contributed by atoms with van der Waals surface area (Å²) in [5, 5.41) is 10.3. The van der Waals surface area contributed by atoms with Gasteiger partial charge in [0.25, 0.3) is 0 Å². The maximum Gasteiger partial charge on any atom is 0.311 e. The number of esters is 1. The van der Waals surface area contributed by atoms with Crippen molar-refractivity contribution in [1.82, 2.24) is 9.80 Å². The lowest BCUT2D eigenvalue weighted by Gasteiger charge is -2.40. The first kappa shape index (κ1) is 26.5. The number of hydrogen-bond donors (Lipinski definition) is 1. The zero-order chi connectivity index (χ0) is 26.0. The van der Waals surface area contributed by atoms with Gasteiger partial charge >= 0.3 is 5.97 Å². The zero-order valence-electron chi connectivity index (χ0n) is 21.0. The van der Waals surface area contributed by atoms with Crippen LogP contribution in [0.5, 0.6) is 0 Å². The Labute approximate surface area is 217 Å². The second-order valence-electron chi connectivity index (χ2n) is 10.2. The van der Waals surface area contributed by atoms with Crippen LogP contribution in [0.15, 0.2) is 55.6 Å². The molecule has 3 aliphatic rings. The molecule has 1 aromatic carbocycles. The predicted molar refractivity (Wildman–Crippen MR) is 140 cm³/mol. The number of aliphatic hydroxyl groups excluding tert-OH is 1. The highest BCUT2D eigenvalue weighted by Gasteiger charge is 2.74. The first-order valence-corrected chi connectivity index (χ1v) is 13.5. The Morgan fingerprint density at radius 3 is 2.61 bits per heavy atom. The highest BCUT2D eigenvalue weighted by atomic mass is 32.2. The van der Waals surface area contributed by atoms with Gasteiger partial charge in [-0.05, 0) is 24.3 Å². The molecule has 4 rings (SSSR count). The number of amides is 2. The van der Waals surface area contributed by atoms with Gasteiger partial charge in [-0.15, -0.1) is 18.3 Å². The molecule has 0 radical (unpaired) electrons. The number of thioether (sulfide) groups is 1. The van der Waals surface area contributed by atoms with Crippen molar-refractivity contribution in [1.29, 1.82) is 0 Å². The number of carbonyl (C=O) groups excluding carboxylic acids is 3. The molecule has 194 valence electrons. The van der Waals surface area contributed by atoms with Crippen LogP contribution in [0.4, 0.5) is 0 Å². The van der Waals surface area contributed by atoms with Crippen LogP contribution < -0.4 is 0 Å². The fourth-order valence-corrected chi connectivity index (χ4v) is 8.41. The number of fused-ring (bicyclic) bond motifs is 1. The molecule has 8 heteroatoms. The predicted octanol–water partition coefficient (Wildman–Crippen LogP) is 3.04. The van der Waals surface area contributed by atoms with Gasteiger partial charge in [0.2, 0.25) is 11.8 Å². The SMILES string of the molecule is C=CCOC(=O)[C@@H]1[C@H]2C(=O)N([C@@H](CO)C(C)C)C(C(=O)N(CC=C)Cc3ccccc3)C23CC[C@H]1S3. The van der Waals surface area contributed by atoms with Gasteiger partial charge in [0.15, 0.2) is 0 Å². The first-order valence-electron chi connectivity index (χ1n) is 12.6. The minimum atomic E-state index is -0.773. The van der Waals surface area contributed by atoms with Gasteiger partial charge in [0.05, 0.1) is 29.2 Å². The maximum atomic E-state index is 14.4. The summed E-state index contributed by atoms with van der Waals surface area (Å²) in [6.45, 7) is 11.9. The lowest BCUT2D eigenvalue weighted by Crippen LogP contribution is -2.58. The van der Waals surface area contributed by atoms with Gasteiger partial charge in [-0.1, -0.05) is 62.9 Å². The molecule has 3 saturated heterocycles. The van der Waals surface area contributed by atoms with E-state index in [1.54, 1.807) is 27.6 Å². The topological polar surface area (TPSA) is 87.1 Å². The number of ether oxygens (including phenoxy) is 1. The summed E-state index contributed by atoms with van der Waals surface area (Å²) < 4.78 is 4.69. The smallest absolute Gasteiger partial charge is 0.311 e. The van der Waals surface area contributed by atoms with Crippen molar-refractivity contribution >= 4 is 29.5 Å². The Balaban J connectivity index is 1.76. The van der Waals surface area contributed by atoms with E-state index in [9.17, 15) is 19.5 Å². The number of benzene rings is 1. The molecule has 6 atom stereocenters. The van der Waals surface area contributed by atoms with E-state index in [2.05, 4.69) is 13.2 Å². The van der Waals surface area contributed by atoms with E-state index in [1.165, 1.54) is 6.08 Å². The minimum Gasteiger partial charge on any atom is -0.461 e. The van der Waals surface area contributed by atoms with Gasteiger partial charge in [0, 0.05) is 18.3 Å². The molecule has 1 N–H and O–H groups in total. The number of hydrogen-bond acceptors (Lipinski definition) is 6. The molecule has 2 unspecified atom stereocenters. The fraction of sp³-hybridized carbons (Fsp3) is 0.536. The molecule has 2 bridgehead atoms. The third kappa shape index (κ3) is 4.39. The molecule has 2 amide bonds. The first-order chi connectivity index (χ1) is 17.3. The van der Waals surface area contributed by atoms with Crippen LogP contribution >= 0.6 is 11.8 Å². The van der Waals surface area contributed by atoms with E-state index in [0.29, 0.717) is 19.5 Å². The van der Waals surface area contributed by atoms with Gasteiger partial charge in [-0.3, -0.25) is 14.4 Å².